The van der Waals surface area contributed by atoms with Gasteiger partial charge in [-0.1, -0.05) is 18.2 Å². The van der Waals surface area contributed by atoms with Crippen LogP contribution in [0.1, 0.15) is 11.1 Å². The first-order valence-corrected chi connectivity index (χ1v) is 6.65. The SMILES string of the molecule is OCc1cc(CC[SiH3])ccc1I. The van der Waals surface area contributed by atoms with Crippen molar-refractivity contribution in [1.82, 2.24) is 0 Å². The average Bonchev–Trinajstić information content (AvgIpc) is 2.09. The van der Waals surface area contributed by atoms with E-state index in [4.69, 9.17) is 5.11 Å². The van der Waals surface area contributed by atoms with Crippen molar-refractivity contribution in [1.29, 1.82) is 0 Å². The Labute approximate surface area is 89.8 Å². The Bertz CT molecular complexity index is 263. The number of benzene rings is 1. The van der Waals surface area contributed by atoms with Gasteiger partial charge in [0.2, 0.25) is 0 Å². The lowest BCUT2D eigenvalue weighted by molar-refractivity contribution is 0.281. The summed E-state index contributed by atoms with van der Waals surface area (Å²) in [6.07, 6.45) is 1.16. The van der Waals surface area contributed by atoms with Crippen LogP contribution in [-0.2, 0) is 13.0 Å². The number of aryl methyl sites for hydroxylation is 1. The molecule has 0 amide bonds. The van der Waals surface area contributed by atoms with E-state index in [0.29, 0.717) is 0 Å². The molecule has 0 saturated carbocycles. The van der Waals surface area contributed by atoms with Crippen molar-refractivity contribution in [2.45, 2.75) is 19.1 Å². The minimum atomic E-state index is 0.160. The van der Waals surface area contributed by atoms with Gasteiger partial charge in [0.25, 0.3) is 0 Å². The second kappa shape index (κ2) is 4.99. The molecule has 1 rings (SSSR count). The molecule has 3 heteroatoms. The molecule has 0 unspecified atom stereocenters. The third-order valence-corrected chi connectivity index (χ3v) is 3.37. The van der Waals surface area contributed by atoms with Gasteiger partial charge in [0.15, 0.2) is 0 Å². The molecule has 0 radical (unpaired) electrons. The van der Waals surface area contributed by atoms with Crippen molar-refractivity contribution in [3.63, 3.8) is 0 Å². The van der Waals surface area contributed by atoms with Gasteiger partial charge in [-0.15, -0.1) is 0 Å². The van der Waals surface area contributed by atoms with Gasteiger partial charge in [0.05, 0.1) is 6.61 Å². The first-order chi connectivity index (χ1) is 5.77. The Morgan fingerprint density at radius 2 is 2.17 bits per heavy atom. The topological polar surface area (TPSA) is 20.2 Å². The molecule has 66 valence electrons. The van der Waals surface area contributed by atoms with E-state index in [-0.39, 0.29) is 6.61 Å². The molecule has 0 heterocycles. The molecule has 1 nitrogen and oxygen atoms in total. The number of hydrogen-bond acceptors (Lipinski definition) is 1. The fraction of sp³-hybridized carbons (Fsp3) is 0.333. The van der Waals surface area contributed by atoms with E-state index in [1.807, 2.05) is 0 Å². The van der Waals surface area contributed by atoms with Crippen LogP contribution in [0.3, 0.4) is 0 Å². The highest BCUT2D eigenvalue weighted by Gasteiger charge is 1.99. The number of aliphatic hydroxyl groups is 1. The molecule has 0 bridgehead atoms. The highest BCUT2D eigenvalue weighted by atomic mass is 127. The van der Waals surface area contributed by atoms with Gasteiger partial charge in [-0.25, -0.2) is 0 Å². The van der Waals surface area contributed by atoms with Crippen LogP contribution in [0, 0.1) is 3.57 Å². The van der Waals surface area contributed by atoms with Crippen molar-refractivity contribution in [2.75, 3.05) is 0 Å². The van der Waals surface area contributed by atoms with Gasteiger partial charge in [-0.3, -0.25) is 0 Å². The van der Waals surface area contributed by atoms with Crippen molar-refractivity contribution < 1.29 is 5.11 Å². The maximum absolute atomic E-state index is 9.01. The van der Waals surface area contributed by atoms with Crippen LogP contribution in [0.15, 0.2) is 18.2 Å². The lowest BCUT2D eigenvalue weighted by Gasteiger charge is -2.03. The van der Waals surface area contributed by atoms with Crippen LogP contribution < -0.4 is 0 Å². The normalized spacial score (nSPS) is 10.5. The zero-order chi connectivity index (χ0) is 8.97. The number of halogens is 1. The first-order valence-electron chi connectivity index (χ1n) is 4.16. The summed E-state index contributed by atoms with van der Waals surface area (Å²) in [6, 6.07) is 7.64. The summed E-state index contributed by atoms with van der Waals surface area (Å²) in [5, 5.41) is 9.01. The molecule has 0 spiro atoms. The molecule has 0 aliphatic carbocycles. The third-order valence-electron chi connectivity index (χ3n) is 1.82. The van der Waals surface area contributed by atoms with Gasteiger partial charge in [-0.05, 0) is 46.2 Å². The van der Waals surface area contributed by atoms with Crippen LogP contribution in [0.25, 0.3) is 0 Å². The summed E-state index contributed by atoms with van der Waals surface area (Å²) in [5.41, 5.74) is 2.41. The van der Waals surface area contributed by atoms with Crippen LogP contribution in [0.5, 0.6) is 0 Å². The Balaban J connectivity index is 2.89. The van der Waals surface area contributed by atoms with E-state index in [0.717, 1.165) is 15.6 Å². The molecule has 12 heavy (non-hydrogen) atoms. The van der Waals surface area contributed by atoms with Gasteiger partial charge >= 0.3 is 0 Å². The van der Waals surface area contributed by atoms with E-state index in [2.05, 4.69) is 40.8 Å². The van der Waals surface area contributed by atoms with Crippen LogP contribution in [0.4, 0.5) is 0 Å². The van der Waals surface area contributed by atoms with Gasteiger partial charge in [-0.2, -0.15) is 0 Å². The lowest BCUT2D eigenvalue weighted by Crippen LogP contribution is -1.92. The summed E-state index contributed by atoms with van der Waals surface area (Å²) >= 11 is 2.25. The van der Waals surface area contributed by atoms with Crippen molar-refractivity contribution in [2.24, 2.45) is 0 Å². The van der Waals surface area contributed by atoms with Crippen LogP contribution in [-0.4, -0.2) is 15.3 Å². The van der Waals surface area contributed by atoms with Crippen molar-refractivity contribution in [3.8, 4) is 0 Å². The zero-order valence-corrected chi connectivity index (χ0v) is 11.3. The molecule has 0 aliphatic rings. The summed E-state index contributed by atoms with van der Waals surface area (Å²) in [4.78, 5) is 0. The largest absolute Gasteiger partial charge is 0.392 e. The Morgan fingerprint density at radius 1 is 1.42 bits per heavy atom. The highest BCUT2D eigenvalue weighted by Crippen LogP contribution is 2.15. The zero-order valence-electron chi connectivity index (χ0n) is 7.18. The maximum atomic E-state index is 9.01. The molecule has 0 atom stereocenters. The molecular weight excluding hydrogens is 279 g/mol. The van der Waals surface area contributed by atoms with E-state index in [1.165, 1.54) is 21.9 Å². The monoisotopic (exact) mass is 292 g/mol. The lowest BCUT2D eigenvalue weighted by atomic mass is 10.1. The minimum Gasteiger partial charge on any atom is -0.392 e. The number of rotatable bonds is 3. The molecule has 0 aliphatic heterocycles. The van der Waals surface area contributed by atoms with Gasteiger partial charge < -0.3 is 5.11 Å². The molecule has 0 saturated heterocycles. The standard InChI is InChI=1S/C9H13IOSi/c10-9-2-1-7(3-4-12)5-8(9)6-11/h1-2,5,11H,3-4,6H2,12H3. The van der Waals surface area contributed by atoms with E-state index >= 15 is 0 Å². The molecule has 1 aromatic rings. The minimum absolute atomic E-state index is 0.160. The Hall–Kier alpha value is 0.127. The van der Waals surface area contributed by atoms with Crippen LogP contribution >= 0.6 is 22.6 Å². The average molecular weight is 292 g/mol. The number of aliphatic hydroxyl groups excluding tert-OH is 1. The van der Waals surface area contributed by atoms with Gasteiger partial charge in [0.1, 0.15) is 0 Å². The molecule has 0 aromatic heterocycles. The second-order valence-electron chi connectivity index (χ2n) is 2.83. The predicted octanol–water partition coefficient (Wildman–Crippen LogP) is 1.11. The molecule has 0 fully saturated rings. The summed E-state index contributed by atoms with van der Waals surface area (Å²) in [7, 11) is 1.26. The first kappa shape index (κ1) is 10.2. The second-order valence-corrected chi connectivity index (χ2v) is 5.00. The summed E-state index contributed by atoms with van der Waals surface area (Å²) in [6.45, 7) is 0.160. The van der Waals surface area contributed by atoms with E-state index in [1.54, 1.807) is 0 Å². The van der Waals surface area contributed by atoms with E-state index in [9.17, 15) is 0 Å². The summed E-state index contributed by atoms with van der Waals surface area (Å²) in [5.74, 6) is 0. The quantitative estimate of drug-likeness (QED) is 0.653. The number of hydrogen-bond donors (Lipinski definition) is 1. The van der Waals surface area contributed by atoms with E-state index < -0.39 is 0 Å². The fourth-order valence-electron chi connectivity index (χ4n) is 1.19. The summed E-state index contributed by atoms with van der Waals surface area (Å²) < 4.78 is 1.16. The molecule has 1 aromatic carbocycles. The predicted molar refractivity (Wildman–Crippen MR) is 63.5 cm³/mol. The maximum Gasteiger partial charge on any atom is 0.0692 e. The smallest absolute Gasteiger partial charge is 0.0692 e. The van der Waals surface area contributed by atoms with Crippen molar-refractivity contribution >= 4 is 32.8 Å². The molecular formula is C9H13IOSi. The fourth-order valence-corrected chi connectivity index (χ4v) is 2.28. The highest BCUT2D eigenvalue weighted by molar-refractivity contribution is 14.1. The van der Waals surface area contributed by atoms with Crippen LogP contribution in [0.2, 0.25) is 6.04 Å². The Kier molecular flexibility index (Phi) is 4.24. The Morgan fingerprint density at radius 3 is 2.75 bits per heavy atom. The third kappa shape index (κ3) is 2.57. The van der Waals surface area contributed by atoms with Crippen molar-refractivity contribution in [3.05, 3.63) is 32.9 Å². The van der Waals surface area contributed by atoms with Gasteiger partial charge in [0, 0.05) is 13.8 Å². The molecule has 1 N–H and O–H groups in total.